The molecule has 0 spiro atoms. The Kier molecular flexibility index (Phi) is 1.60. The average molecular weight is 92.1 g/mol. The standard InChI is InChI=1S/C3H6O3/c1-2(4)3(5)6/h2,4H,1H3,(H,5,6)/i1+1,2+1. The summed E-state index contributed by atoms with van der Waals surface area (Å²) in [5, 5.41) is 15.8. The molecule has 0 rings (SSSR count). The van der Waals surface area contributed by atoms with Crippen molar-refractivity contribution >= 4 is 5.97 Å². The van der Waals surface area contributed by atoms with Crippen molar-refractivity contribution in [3.05, 3.63) is 0 Å². The van der Waals surface area contributed by atoms with Crippen LogP contribution in [0.4, 0.5) is 0 Å². The Morgan fingerprint density at radius 3 is 2.00 bits per heavy atom. The minimum Gasteiger partial charge on any atom is -0.479 e. The first kappa shape index (κ1) is 5.43. The van der Waals surface area contributed by atoms with Gasteiger partial charge >= 0.3 is 5.97 Å². The van der Waals surface area contributed by atoms with Gasteiger partial charge in [0.2, 0.25) is 0 Å². The summed E-state index contributed by atoms with van der Waals surface area (Å²) < 4.78 is 0. The van der Waals surface area contributed by atoms with E-state index in [9.17, 15) is 4.79 Å². The van der Waals surface area contributed by atoms with Crippen molar-refractivity contribution in [3.63, 3.8) is 0 Å². The van der Waals surface area contributed by atoms with Gasteiger partial charge in [-0.2, -0.15) is 0 Å². The number of carboxylic acids is 1. The van der Waals surface area contributed by atoms with Crippen LogP contribution in [0.25, 0.3) is 0 Å². The smallest absolute Gasteiger partial charge is 0.332 e. The molecule has 0 aliphatic carbocycles. The van der Waals surface area contributed by atoms with E-state index < -0.39 is 12.1 Å². The molecular weight excluding hydrogens is 86.0 g/mol. The minimum absolute atomic E-state index is 1.19. The van der Waals surface area contributed by atoms with E-state index in [0.717, 1.165) is 0 Å². The first-order valence-electron chi connectivity index (χ1n) is 1.55. The van der Waals surface area contributed by atoms with E-state index in [-0.39, 0.29) is 0 Å². The first-order valence-corrected chi connectivity index (χ1v) is 1.55. The Bertz CT molecular complexity index is 57.1. The Hall–Kier alpha value is -0.570. The van der Waals surface area contributed by atoms with Gasteiger partial charge in [-0.15, -0.1) is 0 Å². The number of aliphatic hydroxyl groups is 1. The van der Waals surface area contributed by atoms with Crippen LogP contribution >= 0.6 is 0 Å². The molecule has 0 radical (unpaired) electrons. The highest BCUT2D eigenvalue weighted by molar-refractivity contribution is 5.71. The van der Waals surface area contributed by atoms with Gasteiger partial charge in [0.15, 0.2) is 0 Å². The van der Waals surface area contributed by atoms with Crippen molar-refractivity contribution < 1.29 is 15.0 Å². The number of aliphatic hydroxyl groups excluding tert-OH is 1. The maximum Gasteiger partial charge on any atom is 0.332 e. The predicted molar refractivity (Wildman–Crippen MR) is 19.3 cm³/mol. The van der Waals surface area contributed by atoms with Crippen LogP contribution in [0, 0.1) is 0 Å². The summed E-state index contributed by atoms with van der Waals surface area (Å²) in [6, 6.07) is 0. The lowest BCUT2D eigenvalue weighted by Crippen LogP contribution is -2.13. The molecule has 0 saturated heterocycles. The zero-order valence-corrected chi connectivity index (χ0v) is 3.38. The topological polar surface area (TPSA) is 57.5 Å². The van der Waals surface area contributed by atoms with Gasteiger partial charge in [-0.3, -0.25) is 0 Å². The second-order valence-electron chi connectivity index (χ2n) is 1.01. The molecule has 0 aromatic carbocycles. The second kappa shape index (κ2) is 1.77. The molecule has 0 amide bonds. The zero-order chi connectivity index (χ0) is 5.15. The molecule has 0 bridgehead atoms. The van der Waals surface area contributed by atoms with Gasteiger partial charge in [0.1, 0.15) is 6.10 Å². The average Bonchev–Trinajstić information content (AvgIpc) is 1.36. The maximum absolute atomic E-state index is 9.45. The van der Waals surface area contributed by atoms with Gasteiger partial charge in [0.05, 0.1) is 0 Å². The maximum atomic E-state index is 9.45. The number of aliphatic carboxylic acids is 1. The summed E-state index contributed by atoms with van der Waals surface area (Å²) in [4.78, 5) is 9.45. The van der Waals surface area contributed by atoms with Crippen molar-refractivity contribution in [1.82, 2.24) is 0 Å². The van der Waals surface area contributed by atoms with Gasteiger partial charge < -0.3 is 10.2 Å². The van der Waals surface area contributed by atoms with Gasteiger partial charge in [0, 0.05) is 0 Å². The molecule has 36 valence electrons. The second-order valence-corrected chi connectivity index (χ2v) is 1.01. The molecular formula is C3H6O3. The van der Waals surface area contributed by atoms with E-state index in [1.54, 1.807) is 0 Å². The van der Waals surface area contributed by atoms with Crippen LogP contribution < -0.4 is 0 Å². The SMILES string of the molecule is [13CH3][13CH](O)C(=O)O. The third-order valence-corrected chi connectivity index (χ3v) is 0.357. The minimum atomic E-state index is -1.23. The quantitative estimate of drug-likeness (QED) is 0.427. The fourth-order valence-corrected chi connectivity index (χ4v) is 0. The number of hydrogen-bond acceptors (Lipinski definition) is 2. The fraction of sp³-hybridized carbons (Fsp3) is 0.667. The third-order valence-electron chi connectivity index (χ3n) is 0.357. The van der Waals surface area contributed by atoms with Crippen LogP contribution in [0.5, 0.6) is 0 Å². The lowest BCUT2D eigenvalue weighted by atomic mass is 11.0. The van der Waals surface area contributed by atoms with Crippen molar-refractivity contribution in [2.24, 2.45) is 0 Å². The Morgan fingerprint density at radius 1 is 1.83 bits per heavy atom. The largest absolute Gasteiger partial charge is 0.479 e. The molecule has 3 nitrogen and oxygen atoms in total. The van der Waals surface area contributed by atoms with Crippen LogP contribution in [0.2, 0.25) is 0 Å². The van der Waals surface area contributed by atoms with Crippen molar-refractivity contribution in [2.75, 3.05) is 0 Å². The normalized spacial score (nSPS) is 13.7. The monoisotopic (exact) mass is 92.0 g/mol. The lowest BCUT2D eigenvalue weighted by molar-refractivity contribution is -0.145. The van der Waals surface area contributed by atoms with Gasteiger partial charge in [0.25, 0.3) is 0 Å². The molecule has 6 heavy (non-hydrogen) atoms. The van der Waals surface area contributed by atoms with E-state index in [0.29, 0.717) is 0 Å². The van der Waals surface area contributed by atoms with E-state index >= 15 is 0 Å². The van der Waals surface area contributed by atoms with E-state index in [2.05, 4.69) is 0 Å². The van der Waals surface area contributed by atoms with Crippen molar-refractivity contribution in [1.29, 1.82) is 0 Å². The summed E-state index contributed by atoms with van der Waals surface area (Å²) in [5.74, 6) is -1.19. The molecule has 3 heteroatoms. The molecule has 0 saturated carbocycles. The summed E-state index contributed by atoms with van der Waals surface area (Å²) in [6.07, 6.45) is -1.23. The van der Waals surface area contributed by atoms with Crippen LogP contribution in [0.15, 0.2) is 0 Å². The van der Waals surface area contributed by atoms with E-state index in [1.807, 2.05) is 0 Å². The van der Waals surface area contributed by atoms with Crippen LogP contribution in [-0.4, -0.2) is 22.3 Å². The Balaban J connectivity index is 3.26. The molecule has 0 fully saturated rings. The highest BCUT2D eigenvalue weighted by Gasteiger charge is 2.01. The van der Waals surface area contributed by atoms with Crippen molar-refractivity contribution in [2.45, 2.75) is 13.0 Å². The molecule has 1 atom stereocenters. The number of rotatable bonds is 1. The van der Waals surface area contributed by atoms with Crippen molar-refractivity contribution in [3.8, 4) is 0 Å². The fourth-order valence-electron chi connectivity index (χ4n) is 0. The summed E-state index contributed by atoms with van der Waals surface area (Å²) in [6.45, 7) is 1.20. The highest BCUT2D eigenvalue weighted by atomic mass is 16.4. The Labute approximate surface area is 35.2 Å². The van der Waals surface area contributed by atoms with Gasteiger partial charge in [-0.25, -0.2) is 4.79 Å². The van der Waals surface area contributed by atoms with Crippen LogP contribution in [0.1, 0.15) is 6.92 Å². The molecule has 0 heterocycles. The van der Waals surface area contributed by atoms with Gasteiger partial charge in [-0.1, -0.05) is 0 Å². The highest BCUT2D eigenvalue weighted by Crippen LogP contribution is 1.73. The van der Waals surface area contributed by atoms with E-state index in [1.165, 1.54) is 6.92 Å². The number of carboxylic acid groups (broad SMARTS) is 1. The molecule has 1 unspecified atom stereocenters. The van der Waals surface area contributed by atoms with Gasteiger partial charge in [-0.05, 0) is 6.92 Å². The summed E-state index contributed by atoms with van der Waals surface area (Å²) in [7, 11) is 0. The molecule has 0 aliphatic rings. The molecule has 0 aromatic rings. The Morgan fingerprint density at radius 2 is 2.00 bits per heavy atom. The predicted octanol–water partition coefficient (Wildman–Crippen LogP) is -0.548. The summed E-state index contributed by atoms with van der Waals surface area (Å²) >= 11 is 0. The first-order chi connectivity index (χ1) is 2.64. The molecule has 0 aliphatic heterocycles. The van der Waals surface area contributed by atoms with Crippen LogP contribution in [0.3, 0.4) is 0 Å². The van der Waals surface area contributed by atoms with Crippen LogP contribution in [-0.2, 0) is 4.79 Å². The number of hydrogen-bond donors (Lipinski definition) is 2. The zero-order valence-electron chi connectivity index (χ0n) is 3.38. The molecule has 2 N–H and O–H groups in total. The molecule has 0 aromatic heterocycles. The summed E-state index contributed by atoms with van der Waals surface area (Å²) in [5.41, 5.74) is 0. The van der Waals surface area contributed by atoms with E-state index in [4.69, 9.17) is 10.2 Å². The lowest BCUT2D eigenvalue weighted by Gasteiger charge is -1.89. The number of carbonyl (C=O) groups is 1. The third kappa shape index (κ3) is 1.72.